The molecule has 176 valence electrons. The first-order valence-corrected chi connectivity index (χ1v) is 11.7. The average Bonchev–Trinajstić information content (AvgIpc) is 3.18. The van der Waals surface area contributed by atoms with Gasteiger partial charge < -0.3 is 19.7 Å². The molecule has 2 unspecified atom stereocenters. The van der Waals surface area contributed by atoms with E-state index >= 15 is 0 Å². The second-order valence-corrected chi connectivity index (χ2v) is 8.82. The van der Waals surface area contributed by atoms with Crippen molar-refractivity contribution >= 4 is 0 Å². The Morgan fingerprint density at radius 3 is 1.31 bits per heavy atom. The SMILES string of the molecule is [CH2]C(O)COc1ccc(C2(c3ccc(OCC([CH2])O)cc3)c3ccccc3-c3ccccc32)cc1. The van der Waals surface area contributed by atoms with E-state index in [9.17, 15) is 10.2 Å². The van der Waals surface area contributed by atoms with Crippen molar-refractivity contribution in [3.05, 3.63) is 133 Å². The molecule has 0 bridgehead atoms. The van der Waals surface area contributed by atoms with Crippen molar-refractivity contribution in [1.82, 2.24) is 0 Å². The lowest BCUT2D eigenvalue weighted by Crippen LogP contribution is -2.28. The summed E-state index contributed by atoms with van der Waals surface area (Å²) >= 11 is 0. The molecule has 2 atom stereocenters. The minimum atomic E-state index is -0.778. The molecule has 4 aromatic carbocycles. The zero-order chi connectivity index (χ0) is 24.4. The van der Waals surface area contributed by atoms with Crippen molar-refractivity contribution in [1.29, 1.82) is 0 Å². The van der Waals surface area contributed by atoms with Crippen LogP contribution >= 0.6 is 0 Å². The summed E-state index contributed by atoms with van der Waals surface area (Å²) in [5, 5.41) is 19.0. The fraction of sp³-hybridized carbons (Fsp3) is 0.161. The van der Waals surface area contributed by atoms with E-state index in [1.54, 1.807) is 0 Å². The molecule has 0 aliphatic heterocycles. The standard InChI is InChI=1S/C31H28O4/c1-21(32)19-34-25-15-11-23(12-16-25)31(24-13-17-26(18-14-24)35-20-22(2)33)29-9-5-3-7-27(29)28-8-4-6-10-30(28)31/h3-18,21-22,32-33H,1-2,19-20H2. The summed E-state index contributed by atoms with van der Waals surface area (Å²) in [7, 11) is 0. The van der Waals surface area contributed by atoms with Crippen LogP contribution in [0.5, 0.6) is 11.5 Å². The second-order valence-electron chi connectivity index (χ2n) is 8.82. The van der Waals surface area contributed by atoms with Crippen molar-refractivity contribution in [3.8, 4) is 22.6 Å². The minimum Gasteiger partial charge on any atom is -0.491 e. The third-order valence-corrected chi connectivity index (χ3v) is 6.41. The predicted molar refractivity (Wildman–Crippen MR) is 137 cm³/mol. The molecule has 2 radical (unpaired) electrons. The van der Waals surface area contributed by atoms with Crippen LogP contribution in [0.4, 0.5) is 0 Å². The summed E-state index contributed by atoms with van der Waals surface area (Å²) in [5.41, 5.74) is 6.54. The third-order valence-electron chi connectivity index (χ3n) is 6.41. The number of hydrogen-bond donors (Lipinski definition) is 2. The van der Waals surface area contributed by atoms with Crippen LogP contribution in [0, 0.1) is 13.8 Å². The number of fused-ring (bicyclic) bond motifs is 3. The highest BCUT2D eigenvalue weighted by molar-refractivity contribution is 5.86. The number of ether oxygens (including phenoxy) is 2. The first-order chi connectivity index (χ1) is 17.0. The van der Waals surface area contributed by atoms with Gasteiger partial charge in [-0.25, -0.2) is 0 Å². The fourth-order valence-electron chi connectivity index (χ4n) is 5.01. The van der Waals surface area contributed by atoms with E-state index in [1.165, 1.54) is 22.3 Å². The number of hydrogen-bond acceptors (Lipinski definition) is 4. The van der Waals surface area contributed by atoms with Crippen LogP contribution < -0.4 is 9.47 Å². The molecule has 0 saturated carbocycles. The molecule has 0 saturated heterocycles. The summed E-state index contributed by atoms with van der Waals surface area (Å²) in [6.45, 7) is 7.41. The van der Waals surface area contributed by atoms with Crippen LogP contribution in [-0.2, 0) is 5.41 Å². The Labute approximate surface area is 206 Å². The molecule has 4 aromatic rings. The maximum atomic E-state index is 9.48. The summed E-state index contributed by atoms with van der Waals surface area (Å²) in [5.74, 6) is 1.36. The van der Waals surface area contributed by atoms with Crippen molar-refractivity contribution < 1.29 is 19.7 Å². The predicted octanol–water partition coefficient (Wildman–Crippen LogP) is 5.20. The van der Waals surface area contributed by atoms with E-state index in [1.807, 2.05) is 24.3 Å². The average molecular weight is 465 g/mol. The van der Waals surface area contributed by atoms with Crippen LogP contribution in [0.25, 0.3) is 11.1 Å². The Kier molecular flexibility index (Phi) is 6.33. The van der Waals surface area contributed by atoms with Gasteiger partial charge in [0.25, 0.3) is 0 Å². The van der Waals surface area contributed by atoms with Gasteiger partial charge in [0, 0.05) is 0 Å². The maximum Gasteiger partial charge on any atom is 0.119 e. The molecule has 1 aliphatic rings. The van der Waals surface area contributed by atoms with Crippen LogP contribution in [-0.4, -0.2) is 35.6 Å². The van der Waals surface area contributed by atoms with Gasteiger partial charge in [-0.2, -0.15) is 0 Å². The Hall–Kier alpha value is -3.60. The van der Waals surface area contributed by atoms with Gasteiger partial charge in [-0.1, -0.05) is 72.8 Å². The lowest BCUT2D eigenvalue weighted by molar-refractivity contribution is 0.142. The lowest BCUT2D eigenvalue weighted by Gasteiger charge is -2.34. The zero-order valence-electron chi connectivity index (χ0n) is 19.4. The highest BCUT2D eigenvalue weighted by Gasteiger charge is 2.45. The first kappa shape index (κ1) is 23.2. The smallest absolute Gasteiger partial charge is 0.119 e. The van der Waals surface area contributed by atoms with Gasteiger partial charge >= 0.3 is 0 Å². The molecule has 0 aromatic heterocycles. The molecule has 35 heavy (non-hydrogen) atoms. The number of aliphatic hydroxyl groups is 2. The van der Waals surface area contributed by atoms with Crippen LogP contribution in [0.15, 0.2) is 97.1 Å². The van der Waals surface area contributed by atoms with E-state index in [0.717, 1.165) is 11.1 Å². The molecule has 2 N–H and O–H groups in total. The molecule has 0 heterocycles. The normalized spacial score (nSPS) is 15.1. The molecule has 1 aliphatic carbocycles. The fourth-order valence-corrected chi connectivity index (χ4v) is 5.01. The molecule has 0 amide bonds. The Balaban J connectivity index is 1.67. The number of rotatable bonds is 8. The summed E-state index contributed by atoms with van der Waals surface area (Å²) < 4.78 is 11.3. The van der Waals surface area contributed by atoms with Crippen LogP contribution in [0.3, 0.4) is 0 Å². The van der Waals surface area contributed by atoms with Crippen molar-refractivity contribution in [3.63, 3.8) is 0 Å². The number of benzene rings is 4. The van der Waals surface area contributed by atoms with Gasteiger partial charge in [-0.05, 0) is 71.5 Å². The van der Waals surface area contributed by atoms with Gasteiger partial charge in [0.05, 0.1) is 17.6 Å². The molecule has 0 spiro atoms. The third kappa shape index (κ3) is 4.20. The van der Waals surface area contributed by atoms with Crippen LogP contribution in [0.2, 0.25) is 0 Å². The van der Waals surface area contributed by atoms with Crippen LogP contribution in [0.1, 0.15) is 22.3 Å². The number of aliphatic hydroxyl groups excluding tert-OH is 2. The zero-order valence-corrected chi connectivity index (χ0v) is 19.4. The molecular formula is C31H28O4. The van der Waals surface area contributed by atoms with E-state index in [4.69, 9.17) is 9.47 Å². The van der Waals surface area contributed by atoms with Gasteiger partial charge in [0.15, 0.2) is 0 Å². The molecule has 4 heteroatoms. The van der Waals surface area contributed by atoms with E-state index in [-0.39, 0.29) is 13.2 Å². The monoisotopic (exact) mass is 464 g/mol. The summed E-state index contributed by atoms with van der Waals surface area (Å²) in [4.78, 5) is 0. The van der Waals surface area contributed by atoms with Crippen molar-refractivity contribution in [2.24, 2.45) is 0 Å². The summed E-state index contributed by atoms with van der Waals surface area (Å²) in [6.07, 6.45) is -1.56. The van der Waals surface area contributed by atoms with E-state index in [2.05, 4.69) is 86.6 Å². The van der Waals surface area contributed by atoms with Gasteiger partial charge in [-0.3, -0.25) is 0 Å². The molecular weight excluding hydrogens is 436 g/mol. The Morgan fingerprint density at radius 2 is 0.943 bits per heavy atom. The highest BCUT2D eigenvalue weighted by Crippen LogP contribution is 2.56. The van der Waals surface area contributed by atoms with Gasteiger partial charge in [0.2, 0.25) is 0 Å². The van der Waals surface area contributed by atoms with E-state index in [0.29, 0.717) is 11.5 Å². The second kappa shape index (κ2) is 9.57. The highest BCUT2D eigenvalue weighted by atomic mass is 16.5. The first-order valence-electron chi connectivity index (χ1n) is 11.7. The topological polar surface area (TPSA) is 58.9 Å². The molecule has 5 rings (SSSR count). The van der Waals surface area contributed by atoms with Crippen molar-refractivity contribution in [2.75, 3.05) is 13.2 Å². The Bertz CT molecular complexity index is 1190. The van der Waals surface area contributed by atoms with Crippen molar-refractivity contribution in [2.45, 2.75) is 17.6 Å². The molecule has 0 fully saturated rings. The van der Waals surface area contributed by atoms with Gasteiger partial charge in [0.1, 0.15) is 24.7 Å². The summed E-state index contributed by atoms with van der Waals surface area (Å²) in [6, 6.07) is 33.2. The van der Waals surface area contributed by atoms with E-state index < -0.39 is 17.6 Å². The lowest BCUT2D eigenvalue weighted by atomic mass is 9.68. The minimum absolute atomic E-state index is 0.138. The largest absolute Gasteiger partial charge is 0.491 e. The maximum absolute atomic E-state index is 9.48. The molecule has 4 nitrogen and oxygen atoms in total. The van der Waals surface area contributed by atoms with Gasteiger partial charge in [-0.15, -0.1) is 0 Å². The Morgan fingerprint density at radius 1 is 0.571 bits per heavy atom. The quantitative estimate of drug-likeness (QED) is 0.332.